The molecule has 0 aromatic rings. The Bertz CT molecular complexity index is 273. The van der Waals surface area contributed by atoms with Gasteiger partial charge in [-0.15, -0.1) is 6.58 Å². The summed E-state index contributed by atoms with van der Waals surface area (Å²) < 4.78 is 0. The lowest BCUT2D eigenvalue weighted by Crippen LogP contribution is -2.22. The van der Waals surface area contributed by atoms with Gasteiger partial charge in [-0.2, -0.15) is 11.8 Å². The van der Waals surface area contributed by atoms with E-state index in [1.54, 1.807) is 0 Å². The summed E-state index contributed by atoms with van der Waals surface area (Å²) in [6.07, 6.45) is 11.8. The second kappa shape index (κ2) is 8.89. The third-order valence-corrected chi connectivity index (χ3v) is 4.29. The minimum Gasteiger partial charge on any atom is -0.165 e. The molecule has 0 heterocycles. The van der Waals surface area contributed by atoms with Crippen molar-refractivity contribution in [1.82, 2.24) is 0 Å². The van der Waals surface area contributed by atoms with Crippen molar-refractivity contribution in [3.05, 3.63) is 24.8 Å². The highest BCUT2D eigenvalue weighted by Crippen LogP contribution is 2.39. The van der Waals surface area contributed by atoms with Gasteiger partial charge in [-0.25, -0.2) is 0 Å². The van der Waals surface area contributed by atoms with E-state index in [1.807, 2.05) is 11.8 Å². The highest BCUT2D eigenvalue weighted by molar-refractivity contribution is 7.98. The number of hydrogen-bond acceptors (Lipinski definition) is 1. The van der Waals surface area contributed by atoms with Crippen molar-refractivity contribution in [2.45, 2.75) is 66.2 Å². The molecule has 0 atom stereocenters. The van der Waals surface area contributed by atoms with E-state index >= 15 is 0 Å². The van der Waals surface area contributed by atoms with Crippen LogP contribution in [0.1, 0.15) is 66.2 Å². The summed E-state index contributed by atoms with van der Waals surface area (Å²) in [7, 11) is 0. The maximum atomic E-state index is 4.28. The van der Waals surface area contributed by atoms with Crippen LogP contribution in [0.15, 0.2) is 24.8 Å². The smallest absolute Gasteiger partial charge is 0.00703 e. The zero-order valence-corrected chi connectivity index (χ0v) is 14.7. The maximum Gasteiger partial charge on any atom is -0.00703 e. The average molecular weight is 283 g/mol. The third kappa shape index (κ3) is 10.3. The van der Waals surface area contributed by atoms with E-state index in [9.17, 15) is 0 Å². The molecule has 0 N–H and O–H groups in total. The highest BCUT2D eigenvalue weighted by atomic mass is 32.2. The van der Waals surface area contributed by atoms with E-state index < -0.39 is 0 Å². The average Bonchev–Trinajstić information content (AvgIpc) is 2.26. The van der Waals surface area contributed by atoms with Crippen LogP contribution in [0.2, 0.25) is 0 Å². The molecule has 19 heavy (non-hydrogen) atoms. The predicted molar refractivity (Wildman–Crippen MR) is 93.0 cm³/mol. The molecule has 0 saturated heterocycles. The fourth-order valence-electron chi connectivity index (χ4n) is 2.93. The first-order valence-corrected chi connectivity index (χ1v) is 8.91. The predicted octanol–water partition coefficient (Wildman–Crippen LogP) is 6.48. The number of thioether (sulfide) groups is 1. The van der Waals surface area contributed by atoms with E-state index in [1.165, 1.54) is 43.4 Å². The molecule has 0 radical (unpaired) electrons. The Labute approximate surface area is 126 Å². The molecular weight excluding hydrogens is 248 g/mol. The summed E-state index contributed by atoms with van der Waals surface area (Å²) in [5.41, 5.74) is 1.98. The van der Waals surface area contributed by atoms with E-state index in [-0.39, 0.29) is 5.41 Å². The van der Waals surface area contributed by atoms with Crippen LogP contribution in [0.4, 0.5) is 0 Å². The van der Waals surface area contributed by atoms with Gasteiger partial charge in [0.25, 0.3) is 0 Å². The first-order chi connectivity index (χ1) is 8.72. The molecule has 0 aliphatic carbocycles. The van der Waals surface area contributed by atoms with Gasteiger partial charge in [0.2, 0.25) is 0 Å². The molecule has 0 aromatic carbocycles. The Kier molecular flexibility index (Phi) is 8.81. The van der Waals surface area contributed by atoms with E-state index in [0.29, 0.717) is 5.41 Å². The van der Waals surface area contributed by atoms with Gasteiger partial charge in [-0.3, -0.25) is 0 Å². The molecule has 0 nitrogen and oxygen atoms in total. The van der Waals surface area contributed by atoms with Crippen molar-refractivity contribution in [3.63, 3.8) is 0 Å². The standard InChI is InChI=1S/C18H34S/c1-8-17(3,4)15-18(5,6)14-16(2)12-10-9-11-13-19-7/h8H,1-2,9-15H2,3-7H3. The van der Waals surface area contributed by atoms with Crippen LogP contribution in [0.3, 0.4) is 0 Å². The molecule has 0 bridgehead atoms. The van der Waals surface area contributed by atoms with Crippen molar-refractivity contribution in [2.75, 3.05) is 12.0 Å². The van der Waals surface area contributed by atoms with Crippen molar-refractivity contribution in [2.24, 2.45) is 10.8 Å². The molecule has 0 aliphatic rings. The van der Waals surface area contributed by atoms with Crippen molar-refractivity contribution in [1.29, 1.82) is 0 Å². The molecule has 0 aromatic heterocycles. The van der Waals surface area contributed by atoms with Gasteiger partial charge in [0.05, 0.1) is 0 Å². The Morgan fingerprint density at radius 1 is 1.11 bits per heavy atom. The third-order valence-electron chi connectivity index (χ3n) is 3.59. The molecule has 0 aliphatic heterocycles. The molecule has 0 fully saturated rings. The zero-order chi connectivity index (χ0) is 14.9. The normalized spacial score (nSPS) is 12.5. The summed E-state index contributed by atoms with van der Waals surface area (Å²) in [5.74, 6) is 1.30. The van der Waals surface area contributed by atoms with E-state index in [2.05, 4.69) is 53.2 Å². The summed E-state index contributed by atoms with van der Waals surface area (Å²) >= 11 is 1.95. The Hall–Kier alpha value is -0.170. The van der Waals surface area contributed by atoms with Crippen LogP contribution in [-0.4, -0.2) is 12.0 Å². The SMILES string of the molecule is C=CC(C)(C)CC(C)(C)CC(=C)CCCCCSC. The topological polar surface area (TPSA) is 0 Å². The van der Waals surface area contributed by atoms with Gasteiger partial charge < -0.3 is 0 Å². The number of rotatable bonds is 11. The van der Waals surface area contributed by atoms with Crippen LogP contribution >= 0.6 is 11.8 Å². The Morgan fingerprint density at radius 3 is 2.26 bits per heavy atom. The highest BCUT2D eigenvalue weighted by Gasteiger charge is 2.26. The summed E-state index contributed by atoms with van der Waals surface area (Å²) in [5, 5.41) is 0. The van der Waals surface area contributed by atoms with Crippen molar-refractivity contribution in [3.8, 4) is 0 Å². The largest absolute Gasteiger partial charge is 0.165 e. The van der Waals surface area contributed by atoms with Gasteiger partial charge in [0, 0.05) is 0 Å². The van der Waals surface area contributed by atoms with Gasteiger partial charge in [0.15, 0.2) is 0 Å². The maximum absolute atomic E-state index is 4.28. The van der Waals surface area contributed by atoms with Crippen LogP contribution in [0.25, 0.3) is 0 Å². The molecule has 1 heteroatoms. The fraction of sp³-hybridized carbons (Fsp3) is 0.778. The quantitative estimate of drug-likeness (QED) is 0.308. The van der Waals surface area contributed by atoms with Gasteiger partial charge in [0.1, 0.15) is 0 Å². The van der Waals surface area contributed by atoms with Gasteiger partial charge in [-0.05, 0) is 54.9 Å². The molecule has 0 unspecified atom stereocenters. The van der Waals surface area contributed by atoms with Crippen LogP contribution in [-0.2, 0) is 0 Å². The molecule has 112 valence electrons. The molecule has 0 rings (SSSR count). The van der Waals surface area contributed by atoms with E-state index in [0.717, 1.165) is 6.42 Å². The first-order valence-electron chi connectivity index (χ1n) is 7.52. The van der Waals surface area contributed by atoms with Gasteiger partial charge in [-0.1, -0.05) is 52.3 Å². The fourth-order valence-corrected chi connectivity index (χ4v) is 3.42. The second-order valence-corrected chi connectivity index (χ2v) is 8.25. The summed E-state index contributed by atoms with van der Waals surface area (Å²) in [6, 6.07) is 0. The zero-order valence-electron chi connectivity index (χ0n) is 13.8. The first kappa shape index (κ1) is 18.8. The number of allylic oxidation sites excluding steroid dienone is 2. The monoisotopic (exact) mass is 282 g/mol. The lowest BCUT2D eigenvalue weighted by molar-refractivity contribution is 0.234. The summed E-state index contributed by atoms with van der Waals surface area (Å²) in [6.45, 7) is 17.5. The Morgan fingerprint density at radius 2 is 1.74 bits per heavy atom. The molecule has 0 amide bonds. The minimum atomic E-state index is 0.224. The number of unbranched alkanes of at least 4 members (excludes halogenated alkanes) is 2. The molecule has 0 spiro atoms. The molecular formula is C18H34S. The minimum absolute atomic E-state index is 0.224. The summed E-state index contributed by atoms with van der Waals surface area (Å²) in [4.78, 5) is 0. The van der Waals surface area contributed by atoms with Gasteiger partial charge >= 0.3 is 0 Å². The second-order valence-electron chi connectivity index (χ2n) is 7.26. The number of hydrogen-bond donors (Lipinski definition) is 0. The van der Waals surface area contributed by atoms with Crippen molar-refractivity contribution < 1.29 is 0 Å². The lowest BCUT2D eigenvalue weighted by atomic mass is 9.72. The molecule has 0 saturated carbocycles. The Balaban J connectivity index is 3.99. The van der Waals surface area contributed by atoms with E-state index in [4.69, 9.17) is 0 Å². The van der Waals surface area contributed by atoms with Crippen LogP contribution in [0.5, 0.6) is 0 Å². The van der Waals surface area contributed by atoms with Crippen LogP contribution < -0.4 is 0 Å². The lowest BCUT2D eigenvalue weighted by Gasteiger charge is -2.33. The van der Waals surface area contributed by atoms with Crippen molar-refractivity contribution >= 4 is 11.8 Å². The van der Waals surface area contributed by atoms with Crippen LogP contribution in [0, 0.1) is 10.8 Å².